The van der Waals surface area contributed by atoms with Crippen molar-refractivity contribution >= 4 is 11.0 Å². The molecule has 3 rings (SSSR count). The third-order valence-electron chi connectivity index (χ3n) is 3.29. The fourth-order valence-electron chi connectivity index (χ4n) is 2.45. The van der Waals surface area contributed by atoms with Crippen LogP contribution in [0.15, 0.2) is 18.5 Å². The van der Waals surface area contributed by atoms with Crippen molar-refractivity contribution in [2.45, 2.75) is 18.8 Å². The van der Waals surface area contributed by atoms with Gasteiger partial charge in [0.15, 0.2) is 0 Å². The molecule has 0 saturated carbocycles. The van der Waals surface area contributed by atoms with Crippen LogP contribution in [0.3, 0.4) is 0 Å². The summed E-state index contributed by atoms with van der Waals surface area (Å²) in [4.78, 5) is 7.29. The van der Waals surface area contributed by atoms with Gasteiger partial charge in [0.1, 0.15) is 5.82 Å². The molecule has 0 unspecified atom stereocenters. The summed E-state index contributed by atoms with van der Waals surface area (Å²) in [5, 5.41) is 3.34. The number of H-pyrrole nitrogens is 1. The molecule has 0 amide bonds. The van der Waals surface area contributed by atoms with E-state index >= 15 is 0 Å². The number of nitrogens with zero attached hydrogens (tertiary/aromatic N) is 1. The van der Waals surface area contributed by atoms with E-state index in [-0.39, 0.29) is 5.82 Å². The van der Waals surface area contributed by atoms with Crippen LogP contribution in [0.25, 0.3) is 11.0 Å². The van der Waals surface area contributed by atoms with Crippen molar-refractivity contribution in [2.75, 3.05) is 13.1 Å². The topological polar surface area (TPSA) is 40.7 Å². The number of pyridine rings is 1. The van der Waals surface area contributed by atoms with E-state index in [4.69, 9.17) is 0 Å². The zero-order chi connectivity index (χ0) is 11.0. The smallest absolute Gasteiger partial charge is 0.143 e. The quantitative estimate of drug-likeness (QED) is 0.771. The minimum atomic E-state index is -0.286. The second-order valence-electron chi connectivity index (χ2n) is 4.32. The largest absolute Gasteiger partial charge is 0.359 e. The van der Waals surface area contributed by atoms with E-state index < -0.39 is 0 Å². The van der Waals surface area contributed by atoms with Gasteiger partial charge in [-0.2, -0.15) is 0 Å². The second kappa shape index (κ2) is 3.87. The molecule has 0 aliphatic carbocycles. The predicted octanol–water partition coefficient (Wildman–Crippen LogP) is 2.17. The molecule has 1 fully saturated rings. The van der Waals surface area contributed by atoms with E-state index in [1.54, 1.807) is 0 Å². The van der Waals surface area contributed by atoms with Gasteiger partial charge in [-0.1, -0.05) is 0 Å². The highest BCUT2D eigenvalue weighted by Crippen LogP contribution is 2.30. The highest BCUT2D eigenvalue weighted by atomic mass is 19.1. The number of nitrogens with one attached hydrogen (secondary N) is 2. The van der Waals surface area contributed by atoms with Crippen molar-refractivity contribution in [1.29, 1.82) is 0 Å². The molecule has 0 atom stereocenters. The molecular weight excluding hydrogens is 205 g/mol. The Morgan fingerprint density at radius 2 is 2.12 bits per heavy atom. The Hall–Kier alpha value is -1.42. The van der Waals surface area contributed by atoms with Crippen LogP contribution in [0.4, 0.5) is 4.39 Å². The molecule has 16 heavy (non-hydrogen) atoms. The summed E-state index contributed by atoms with van der Waals surface area (Å²) in [5.74, 6) is 0.263. The molecular formula is C12H14FN3. The highest BCUT2D eigenvalue weighted by Gasteiger charge is 2.19. The number of rotatable bonds is 1. The number of aromatic amines is 1. The molecule has 0 aromatic carbocycles. The number of hydrogen-bond acceptors (Lipinski definition) is 2. The average Bonchev–Trinajstić information content (AvgIpc) is 2.73. The number of piperidine rings is 1. The summed E-state index contributed by atoms with van der Waals surface area (Å²) >= 11 is 0. The van der Waals surface area contributed by atoms with Crippen LogP contribution in [0, 0.1) is 5.82 Å². The molecule has 3 heterocycles. The molecule has 0 radical (unpaired) electrons. The molecule has 0 bridgehead atoms. The van der Waals surface area contributed by atoms with Crippen molar-refractivity contribution < 1.29 is 4.39 Å². The zero-order valence-electron chi connectivity index (χ0n) is 8.96. The lowest BCUT2D eigenvalue weighted by molar-refractivity contribution is 0.462. The predicted molar refractivity (Wildman–Crippen MR) is 60.9 cm³/mol. The lowest BCUT2D eigenvalue weighted by Gasteiger charge is -2.21. The monoisotopic (exact) mass is 219 g/mol. The molecule has 4 heteroatoms. The molecule has 1 aliphatic heterocycles. The maximum atomic E-state index is 13.0. The first-order chi connectivity index (χ1) is 7.84. The lowest BCUT2D eigenvalue weighted by atomic mass is 9.91. The van der Waals surface area contributed by atoms with Crippen LogP contribution in [0.2, 0.25) is 0 Å². The van der Waals surface area contributed by atoms with Gasteiger partial charge in [0.05, 0.1) is 17.2 Å². The summed E-state index contributed by atoms with van der Waals surface area (Å²) in [6, 6.07) is 1.51. The molecule has 1 saturated heterocycles. The van der Waals surface area contributed by atoms with Gasteiger partial charge in [0.25, 0.3) is 0 Å². The maximum Gasteiger partial charge on any atom is 0.143 e. The van der Waals surface area contributed by atoms with Gasteiger partial charge < -0.3 is 10.3 Å². The van der Waals surface area contributed by atoms with E-state index in [9.17, 15) is 4.39 Å². The van der Waals surface area contributed by atoms with Gasteiger partial charge in [0, 0.05) is 12.3 Å². The first-order valence-electron chi connectivity index (χ1n) is 5.68. The van der Waals surface area contributed by atoms with E-state index in [1.165, 1.54) is 17.8 Å². The van der Waals surface area contributed by atoms with Gasteiger partial charge in [-0.05, 0) is 37.4 Å². The maximum absolute atomic E-state index is 13.0. The van der Waals surface area contributed by atoms with Crippen LogP contribution in [-0.4, -0.2) is 23.1 Å². The summed E-state index contributed by atoms with van der Waals surface area (Å²) in [6.45, 7) is 2.11. The van der Waals surface area contributed by atoms with Gasteiger partial charge in [-0.3, -0.25) is 4.98 Å². The van der Waals surface area contributed by atoms with Crippen molar-refractivity contribution in [2.24, 2.45) is 0 Å². The van der Waals surface area contributed by atoms with Gasteiger partial charge in [-0.15, -0.1) is 0 Å². The summed E-state index contributed by atoms with van der Waals surface area (Å²) in [5.41, 5.74) is 2.96. The van der Waals surface area contributed by atoms with Crippen LogP contribution >= 0.6 is 0 Å². The first kappa shape index (κ1) is 9.78. The average molecular weight is 219 g/mol. The Morgan fingerprint density at radius 1 is 1.31 bits per heavy atom. The van der Waals surface area contributed by atoms with E-state index in [2.05, 4.69) is 15.3 Å². The molecule has 2 aromatic rings. The number of hydrogen-bond donors (Lipinski definition) is 2. The summed E-state index contributed by atoms with van der Waals surface area (Å²) in [7, 11) is 0. The molecule has 2 aromatic heterocycles. The Bertz CT molecular complexity index is 500. The minimum absolute atomic E-state index is 0.286. The normalized spacial score (nSPS) is 18.1. The summed E-state index contributed by atoms with van der Waals surface area (Å²) in [6.07, 6.45) is 5.53. The van der Waals surface area contributed by atoms with E-state index in [0.717, 1.165) is 37.0 Å². The fourth-order valence-corrected chi connectivity index (χ4v) is 2.45. The van der Waals surface area contributed by atoms with Crippen molar-refractivity contribution in [3.63, 3.8) is 0 Å². The Morgan fingerprint density at radius 3 is 2.94 bits per heavy atom. The lowest BCUT2D eigenvalue weighted by Crippen LogP contribution is -2.26. The molecule has 1 aliphatic rings. The van der Waals surface area contributed by atoms with Crippen molar-refractivity contribution in [1.82, 2.24) is 15.3 Å². The Balaban J connectivity index is 2.03. The third-order valence-corrected chi connectivity index (χ3v) is 3.29. The van der Waals surface area contributed by atoms with E-state index in [0.29, 0.717) is 5.92 Å². The zero-order valence-corrected chi connectivity index (χ0v) is 8.96. The van der Waals surface area contributed by atoms with Crippen molar-refractivity contribution in [3.05, 3.63) is 29.8 Å². The number of halogens is 1. The SMILES string of the molecule is Fc1cnc2c(C3CCNCC3)c[nH]c2c1. The first-order valence-corrected chi connectivity index (χ1v) is 5.68. The Kier molecular flexibility index (Phi) is 2.36. The molecule has 0 spiro atoms. The molecule has 2 N–H and O–H groups in total. The van der Waals surface area contributed by atoms with E-state index in [1.807, 2.05) is 6.20 Å². The van der Waals surface area contributed by atoms with Crippen LogP contribution in [0.1, 0.15) is 24.3 Å². The molecule has 84 valence electrons. The minimum Gasteiger partial charge on any atom is -0.359 e. The molecule has 3 nitrogen and oxygen atoms in total. The third kappa shape index (κ3) is 1.59. The van der Waals surface area contributed by atoms with Gasteiger partial charge in [-0.25, -0.2) is 4.39 Å². The number of fused-ring (bicyclic) bond motifs is 1. The van der Waals surface area contributed by atoms with Gasteiger partial charge in [0.2, 0.25) is 0 Å². The fraction of sp³-hybridized carbons (Fsp3) is 0.417. The van der Waals surface area contributed by atoms with Crippen molar-refractivity contribution in [3.8, 4) is 0 Å². The highest BCUT2D eigenvalue weighted by molar-refractivity contribution is 5.79. The van der Waals surface area contributed by atoms with Crippen LogP contribution < -0.4 is 5.32 Å². The van der Waals surface area contributed by atoms with Gasteiger partial charge >= 0.3 is 0 Å². The standard InChI is InChI=1S/C12H14FN3/c13-9-5-11-12(16-6-9)10(7-15-11)8-1-3-14-4-2-8/h5-8,14-15H,1-4H2. The van der Waals surface area contributed by atoms with Crippen LogP contribution in [0.5, 0.6) is 0 Å². The van der Waals surface area contributed by atoms with Crippen LogP contribution in [-0.2, 0) is 0 Å². The summed E-state index contributed by atoms with van der Waals surface area (Å²) < 4.78 is 13.0. The second-order valence-corrected chi connectivity index (χ2v) is 4.32. The number of aromatic nitrogens is 2. The Labute approximate surface area is 93.1 Å².